The third-order valence-corrected chi connectivity index (χ3v) is 5.19. The number of alkyl halides is 3. The predicted octanol–water partition coefficient (Wildman–Crippen LogP) is 3.78. The topological polar surface area (TPSA) is 96.9 Å². The lowest BCUT2D eigenvalue weighted by Crippen LogP contribution is -2.32. The number of benzene rings is 1. The SMILES string of the molecule is CCCn1c(=O)[nH]c(=O)c2c(C(=O)Nc3ccc(F)c(C(F)(F)F)c3)cc(C3CC3)nc21. The average Bonchev–Trinajstić information content (AvgIpc) is 3.56. The van der Waals surface area contributed by atoms with Crippen molar-refractivity contribution in [2.75, 3.05) is 5.32 Å². The molecule has 32 heavy (non-hydrogen) atoms. The molecule has 1 aromatic carbocycles. The van der Waals surface area contributed by atoms with Crippen LogP contribution in [0.5, 0.6) is 0 Å². The molecule has 2 N–H and O–H groups in total. The lowest BCUT2D eigenvalue weighted by molar-refractivity contribution is -0.139. The van der Waals surface area contributed by atoms with Gasteiger partial charge in [-0.15, -0.1) is 0 Å². The number of halogens is 4. The molecule has 0 saturated heterocycles. The monoisotopic (exact) mass is 450 g/mol. The fraction of sp³-hybridized carbons (Fsp3) is 0.333. The molecule has 0 spiro atoms. The number of H-pyrrole nitrogens is 1. The van der Waals surface area contributed by atoms with E-state index in [0.29, 0.717) is 24.2 Å². The summed E-state index contributed by atoms with van der Waals surface area (Å²) >= 11 is 0. The summed E-state index contributed by atoms with van der Waals surface area (Å²) in [5, 5.41) is 2.16. The smallest absolute Gasteiger partial charge is 0.322 e. The standard InChI is InChI=1S/C21H18F4N4O3/c1-2-7-29-17-16(19(31)28-20(29)32)12(9-15(27-17)10-3-4-10)18(30)26-11-5-6-14(22)13(8-11)21(23,24)25/h5-6,8-10H,2-4,7H2,1H3,(H,26,30)(H,28,31,32). The zero-order valence-electron chi connectivity index (χ0n) is 16.8. The fourth-order valence-corrected chi connectivity index (χ4v) is 3.51. The quantitative estimate of drug-likeness (QED) is 0.578. The van der Waals surface area contributed by atoms with Crippen LogP contribution in [-0.4, -0.2) is 20.4 Å². The van der Waals surface area contributed by atoms with Gasteiger partial charge in [0.05, 0.1) is 16.5 Å². The summed E-state index contributed by atoms with van der Waals surface area (Å²) < 4.78 is 53.9. The summed E-state index contributed by atoms with van der Waals surface area (Å²) in [6.07, 6.45) is -2.73. The second-order valence-corrected chi connectivity index (χ2v) is 7.62. The van der Waals surface area contributed by atoms with Crippen LogP contribution in [0.4, 0.5) is 23.2 Å². The number of amides is 1. The van der Waals surface area contributed by atoms with Gasteiger partial charge in [-0.3, -0.25) is 19.1 Å². The van der Waals surface area contributed by atoms with E-state index < -0.39 is 34.7 Å². The second-order valence-electron chi connectivity index (χ2n) is 7.62. The number of carbonyl (C=O) groups is 1. The van der Waals surface area contributed by atoms with Gasteiger partial charge in [0.2, 0.25) is 0 Å². The molecule has 1 fully saturated rings. The van der Waals surface area contributed by atoms with Crippen molar-refractivity contribution >= 4 is 22.6 Å². The largest absolute Gasteiger partial charge is 0.419 e. The number of rotatable bonds is 5. The van der Waals surface area contributed by atoms with Gasteiger partial charge < -0.3 is 5.32 Å². The summed E-state index contributed by atoms with van der Waals surface area (Å²) in [7, 11) is 0. The predicted molar refractivity (Wildman–Crippen MR) is 108 cm³/mol. The molecule has 1 aliphatic carbocycles. The Balaban J connectivity index is 1.85. The van der Waals surface area contributed by atoms with E-state index >= 15 is 0 Å². The molecule has 1 amide bonds. The van der Waals surface area contributed by atoms with Crippen molar-refractivity contribution in [1.29, 1.82) is 0 Å². The first-order chi connectivity index (χ1) is 15.1. The van der Waals surface area contributed by atoms with E-state index in [0.717, 1.165) is 18.9 Å². The molecule has 168 valence electrons. The molecule has 7 nitrogen and oxygen atoms in total. The van der Waals surface area contributed by atoms with Crippen LogP contribution >= 0.6 is 0 Å². The number of nitrogens with one attached hydrogen (secondary N) is 2. The Morgan fingerprint density at radius 3 is 2.59 bits per heavy atom. The van der Waals surface area contributed by atoms with Crippen LogP contribution in [0, 0.1) is 5.82 Å². The fourth-order valence-electron chi connectivity index (χ4n) is 3.51. The molecule has 11 heteroatoms. The van der Waals surface area contributed by atoms with Crippen molar-refractivity contribution in [3.63, 3.8) is 0 Å². The van der Waals surface area contributed by atoms with Gasteiger partial charge in [0.15, 0.2) is 5.65 Å². The van der Waals surface area contributed by atoms with Crippen molar-refractivity contribution in [3.8, 4) is 0 Å². The van der Waals surface area contributed by atoms with Gasteiger partial charge in [0.25, 0.3) is 11.5 Å². The number of hydrogen-bond acceptors (Lipinski definition) is 4. The minimum atomic E-state index is -4.94. The second kappa shape index (κ2) is 7.88. The Hall–Kier alpha value is -3.50. The third-order valence-electron chi connectivity index (χ3n) is 5.19. The summed E-state index contributed by atoms with van der Waals surface area (Å²) in [5.74, 6) is -2.27. The van der Waals surface area contributed by atoms with Crippen LogP contribution in [0.15, 0.2) is 33.9 Å². The lowest BCUT2D eigenvalue weighted by Gasteiger charge is -2.14. The molecule has 2 heterocycles. The van der Waals surface area contributed by atoms with E-state index in [2.05, 4.69) is 15.3 Å². The Labute approximate surface area is 178 Å². The normalized spacial score (nSPS) is 14.0. The number of hydrogen-bond donors (Lipinski definition) is 2. The number of aryl methyl sites for hydroxylation is 1. The highest BCUT2D eigenvalue weighted by Gasteiger charge is 2.34. The zero-order chi connectivity index (χ0) is 23.2. The maximum atomic E-state index is 13.6. The summed E-state index contributed by atoms with van der Waals surface area (Å²) in [6, 6.07) is 3.49. The lowest BCUT2D eigenvalue weighted by atomic mass is 10.1. The number of aromatic amines is 1. The van der Waals surface area contributed by atoms with Crippen molar-refractivity contribution < 1.29 is 22.4 Å². The van der Waals surface area contributed by atoms with Crippen LogP contribution in [-0.2, 0) is 12.7 Å². The third kappa shape index (κ3) is 4.02. The first-order valence-corrected chi connectivity index (χ1v) is 9.96. The van der Waals surface area contributed by atoms with E-state index in [1.165, 1.54) is 10.6 Å². The molecule has 1 aliphatic rings. The molecule has 0 atom stereocenters. The highest BCUT2D eigenvalue weighted by molar-refractivity contribution is 6.11. The molecule has 3 aromatic rings. The van der Waals surface area contributed by atoms with Crippen molar-refractivity contribution in [2.45, 2.75) is 44.8 Å². The van der Waals surface area contributed by atoms with Gasteiger partial charge in [0.1, 0.15) is 5.82 Å². The van der Waals surface area contributed by atoms with E-state index in [1.54, 1.807) is 0 Å². The van der Waals surface area contributed by atoms with Crippen molar-refractivity contribution in [1.82, 2.24) is 14.5 Å². The molecular formula is C21H18F4N4O3. The molecule has 0 aliphatic heterocycles. The zero-order valence-corrected chi connectivity index (χ0v) is 16.8. The van der Waals surface area contributed by atoms with E-state index in [9.17, 15) is 31.9 Å². The first kappa shape index (κ1) is 21.7. The number of carbonyl (C=O) groups excluding carboxylic acids is 1. The van der Waals surface area contributed by atoms with Crippen molar-refractivity contribution in [2.24, 2.45) is 0 Å². The van der Waals surface area contributed by atoms with Crippen LogP contribution in [0.2, 0.25) is 0 Å². The summed E-state index contributed by atoms with van der Waals surface area (Å²) in [4.78, 5) is 44.5. The highest BCUT2D eigenvalue weighted by Crippen LogP contribution is 2.40. The maximum absolute atomic E-state index is 13.6. The Morgan fingerprint density at radius 1 is 1.25 bits per heavy atom. The Kier molecular flexibility index (Phi) is 5.35. The Morgan fingerprint density at radius 2 is 1.97 bits per heavy atom. The summed E-state index contributed by atoms with van der Waals surface area (Å²) in [5.41, 5.74) is -2.86. The number of pyridine rings is 1. The number of fused-ring (bicyclic) bond motifs is 1. The molecule has 0 radical (unpaired) electrons. The van der Waals surface area contributed by atoms with E-state index in [-0.39, 0.29) is 34.7 Å². The average molecular weight is 450 g/mol. The minimum absolute atomic E-state index is 0.0465. The van der Waals surface area contributed by atoms with Gasteiger partial charge in [-0.1, -0.05) is 6.92 Å². The first-order valence-electron chi connectivity index (χ1n) is 9.96. The molecule has 2 aromatic heterocycles. The molecule has 1 saturated carbocycles. The van der Waals surface area contributed by atoms with Gasteiger partial charge in [-0.05, 0) is 43.5 Å². The van der Waals surface area contributed by atoms with Crippen molar-refractivity contribution in [3.05, 3.63) is 67.7 Å². The van der Waals surface area contributed by atoms with Crippen LogP contribution < -0.4 is 16.6 Å². The summed E-state index contributed by atoms with van der Waals surface area (Å²) in [6.45, 7) is 2.08. The number of nitrogens with zero attached hydrogens (tertiary/aromatic N) is 2. The number of aromatic nitrogens is 3. The molecule has 0 bridgehead atoms. The van der Waals surface area contributed by atoms with Crippen LogP contribution in [0.1, 0.15) is 53.7 Å². The van der Waals surface area contributed by atoms with Crippen LogP contribution in [0.3, 0.4) is 0 Å². The Bertz CT molecular complexity index is 1340. The van der Waals surface area contributed by atoms with Gasteiger partial charge in [-0.2, -0.15) is 13.2 Å². The van der Waals surface area contributed by atoms with Gasteiger partial charge in [0, 0.05) is 23.8 Å². The van der Waals surface area contributed by atoms with Gasteiger partial charge in [-0.25, -0.2) is 14.2 Å². The highest BCUT2D eigenvalue weighted by atomic mass is 19.4. The maximum Gasteiger partial charge on any atom is 0.419 e. The van der Waals surface area contributed by atoms with Gasteiger partial charge >= 0.3 is 11.9 Å². The minimum Gasteiger partial charge on any atom is -0.322 e. The van der Waals surface area contributed by atoms with E-state index in [1.807, 2.05) is 6.92 Å². The van der Waals surface area contributed by atoms with Crippen LogP contribution in [0.25, 0.3) is 11.0 Å². The molecular weight excluding hydrogens is 432 g/mol. The van der Waals surface area contributed by atoms with E-state index in [4.69, 9.17) is 0 Å². The molecule has 4 rings (SSSR count). The number of anilines is 1. The molecule has 0 unspecified atom stereocenters.